The van der Waals surface area contributed by atoms with Gasteiger partial charge in [-0.15, -0.1) is 11.8 Å². The Balaban J connectivity index is 1.07. The van der Waals surface area contributed by atoms with Crippen molar-refractivity contribution in [2.75, 3.05) is 66.2 Å². The lowest BCUT2D eigenvalue weighted by atomic mass is 9.82. The average Bonchev–Trinajstić information content (AvgIpc) is 3.36. The Morgan fingerprint density at radius 1 is 0.710 bits per heavy atom. The monoisotopic (exact) mass is 960 g/mol. The third-order valence-electron chi connectivity index (χ3n) is 11.8. The molecule has 0 fully saturated rings. The Morgan fingerprint density at radius 2 is 1.33 bits per heavy atom. The molecule has 5 rings (SSSR count). The molecule has 2 amide bonds. The summed E-state index contributed by atoms with van der Waals surface area (Å²) in [6.45, 7) is 5.68. The van der Waals surface area contributed by atoms with Gasteiger partial charge >= 0.3 is 0 Å². The van der Waals surface area contributed by atoms with Crippen LogP contribution in [0, 0.1) is 30.6 Å². The number of methoxy groups -OCH3 is 2. The molecule has 368 valence electrons. The predicted molar refractivity (Wildman–Crippen MR) is 272 cm³/mol. The Kier molecular flexibility index (Phi) is 23.7. The first kappa shape index (κ1) is 54.3. The molecule has 0 spiro atoms. The molecular formula is C57H69FN2O8S. The Hall–Kier alpha value is -5.63. The molecule has 0 radical (unpaired) electrons. The number of amides is 2. The van der Waals surface area contributed by atoms with E-state index in [4.69, 9.17) is 23.7 Å². The predicted octanol–water partition coefficient (Wildman–Crippen LogP) is 9.85. The zero-order valence-corrected chi connectivity index (χ0v) is 41.5. The molecule has 0 saturated heterocycles. The molecule has 0 aliphatic heterocycles. The van der Waals surface area contributed by atoms with Gasteiger partial charge in [-0.1, -0.05) is 96.8 Å². The van der Waals surface area contributed by atoms with Crippen molar-refractivity contribution in [1.82, 2.24) is 10.6 Å². The van der Waals surface area contributed by atoms with Crippen LogP contribution in [0.4, 0.5) is 4.39 Å². The fourth-order valence-corrected chi connectivity index (χ4v) is 9.34. The number of hydrogen-bond acceptors (Lipinski definition) is 9. The summed E-state index contributed by atoms with van der Waals surface area (Å²) in [6.07, 6.45) is 6.54. The Labute approximate surface area is 413 Å². The number of hydrogen-bond donors (Lipinski definition) is 2. The number of aryl methyl sites for hydroxylation is 1. The molecule has 1 aliphatic rings. The number of nitrogens with one attached hydrogen (secondary N) is 2. The van der Waals surface area contributed by atoms with Crippen LogP contribution in [0.5, 0.6) is 11.5 Å². The molecule has 4 aromatic carbocycles. The minimum atomic E-state index is -1.99. The number of rotatable bonds is 29. The van der Waals surface area contributed by atoms with Crippen molar-refractivity contribution in [3.8, 4) is 35.2 Å². The van der Waals surface area contributed by atoms with Crippen LogP contribution in [-0.2, 0) is 39.9 Å². The molecule has 1 unspecified atom stereocenters. The van der Waals surface area contributed by atoms with E-state index >= 15 is 4.39 Å². The molecule has 1 aliphatic carbocycles. The highest BCUT2D eigenvalue weighted by molar-refractivity contribution is 8.00. The van der Waals surface area contributed by atoms with Gasteiger partial charge in [0.25, 0.3) is 0 Å². The summed E-state index contributed by atoms with van der Waals surface area (Å²) < 4.78 is 42.3. The SMILES string of the molecule is COc1ccc(C(SCCC(=O)NCCCOCCOCCOCCCCC(=O)C2(F)C#CCCCCC2)(c2ccc(OC)cc2)c2ccc(C)c(C#CCCC(=O)NCc3ccccc3)c2)cc1. The van der Waals surface area contributed by atoms with Crippen molar-refractivity contribution in [3.05, 3.63) is 130 Å². The van der Waals surface area contributed by atoms with E-state index in [1.807, 2.05) is 61.5 Å². The minimum Gasteiger partial charge on any atom is -0.497 e. The molecule has 4 aromatic rings. The van der Waals surface area contributed by atoms with E-state index in [0.29, 0.717) is 110 Å². The molecular weight excluding hydrogens is 892 g/mol. The maximum atomic E-state index is 15.0. The van der Waals surface area contributed by atoms with Crippen LogP contribution >= 0.6 is 11.8 Å². The topological polar surface area (TPSA) is 121 Å². The Bertz CT molecular complexity index is 2270. The highest BCUT2D eigenvalue weighted by Crippen LogP contribution is 2.49. The minimum absolute atomic E-state index is 0.0439. The molecule has 2 N–H and O–H groups in total. The molecule has 10 nitrogen and oxygen atoms in total. The highest BCUT2D eigenvalue weighted by Gasteiger charge is 2.38. The summed E-state index contributed by atoms with van der Waals surface area (Å²) in [5.41, 5.74) is 3.98. The highest BCUT2D eigenvalue weighted by atomic mass is 32.2. The number of carbonyl (C=O) groups excluding carboxylic acids is 3. The number of ketones is 1. The lowest BCUT2D eigenvalue weighted by Gasteiger charge is -2.36. The van der Waals surface area contributed by atoms with E-state index in [0.717, 1.165) is 57.7 Å². The van der Waals surface area contributed by atoms with Gasteiger partial charge in [0.05, 0.1) is 45.4 Å². The van der Waals surface area contributed by atoms with Crippen LogP contribution in [0.2, 0.25) is 0 Å². The van der Waals surface area contributed by atoms with Gasteiger partial charge in [-0.3, -0.25) is 14.4 Å². The fourth-order valence-electron chi connectivity index (χ4n) is 7.85. The van der Waals surface area contributed by atoms with E-state index in [-0.39, 0.29) is 24.7 Å². The van der Waals surface area contributed by atoms with Gasteiger partial charge in [0.2, 0.25) is 17.5 Å². The van der Waals surface area contributed by atoms with Crippen LogP contribution < -0.4 is 20.1 Å². The lowest BCUT2D eigenvalue weighted by Crippen LogP contribution is -2.32. The van der Waals surface area contributed by atoms with Crippen molar-refractivity contribution in [2.24, 2.45) is 0 Å². The van der Waals surface area contributed by atoms with Gasteiger partial charge in [-0.2, -0.15) is 0 Å². The quantitative estimate of drug-likeness (QED) is 0.0311. The maximum absolute atomic E-state index is 15.0. The first-order chi connectivity index (χ1) is 33.7. The summed E-state index contributed by atoms with van der Waals surface area (Å²) in [5, 5.41) is 6.03. The zero-order valence-electron chi connectivity index (χ0n) is 40.6. The van der Waals surface area contributed by atoms with E-state index in [9.17, 15) is 14.4 Å². The summed E-state index contributed by atoms with van der Waals surface area (Å²) in [6, 6.07) is 32.3. The lowest BCUT2D eigenvalue weighted by molar-refractivity contribution is -0.128. The van der Waals surface area contributed by atoms with Crippen molar-refractivity contribution in [1.29, 1.82) is 0 Å². The van der Waals surface area contributed by atoms with Crippen molar-refractivity contribution in [2.45, 2.75) is 101 Å². The number of unbranched alkanes of at least 4 members (excludes halogenated alkanes) is 1. The second-order valence-electron chi connectivity index (χ2n) is 16.9. The molecule has 0 saturated carbocycles. The van der Waals surface area contributed by atoms with Gasteiger partial charge < -0.3 is 34.3 Å². The molecule has 0 aromatic heterocycles. The smallest absolute Gasteiger partial charge is 0.228 e. The third kappa shape index (κ3) is 18.0. The number of halogens is 1. The van der Waals surface area contributed by atoms with Crippen LogP contribution in [-0.4, -0.2) is 89.4 Å². The standard InChI is InChI=1S/C57H69FN2O8S/c1-45-22-23-50(43-47(45)19-10-11-21-54(62)60-44-46-17-8-7-9-18-46)57(48-24-28-51(64-2)29-25-48,49-26-30-52(65-3)31-27-49)69-42-32-55(63)59-35-16-37-67-39-41-68-40-38-66-36-15-12-20-53(61)56(58)33-13-5-4-6-14-34-56/h7-9,17-18,22-31,43H,4-6,11-13,15-16,20-21,32-33,35-42,44H2,1-3H3,(H,59,63)(H,60,62). The van der Waals surface area contributed by atoms with E-state index in [1.165, 1.54) is 0 Å². The average molecular weight is 961 g/mol. The summed E-state index contributed by atoms with van der Waals surface area (Å²) in [7, 11) is 3.30. The van der Waals surface area contributed by atoms with Crippen LogP contribution in [0.25, 0.3) is 0 Å². The molecule has 0 heterocycles. The van der Waals surface area contributed by atoms with Gasteiger partial charge in [-0.25, -0.2) is 4.39 Å². The number of benzene rings is 4. The number of thioether (sulfide) groups is 1. The third-order valence-corrected chi connectivity index (χ3v) is 13.4. The second-order valence-corrected chi connectivity index (χ2v) is 18.2. The number of Topliss-reactive ketones (excluding diaryl/α,β-unsaturated/α-hetero) is 1. The zero-order chi connectivity index (χ0) is 49.0. The first-order valence-corrected chi connectivity index (χ1v) is 25.2. The number of alkyl halides is 1. The van der Waals surface area contributed by atoms with Crippen LogP contribution in [0.3, 0.4) is 0 Å². The molecule has 1 atom stereocenters. The van der Waals surface area contributed by atoms with E-state index in [1.54, 1.807) is 26.0 Å². The summed E-state index contributed by atoms with van der Waals surface area (Å²) in [5.74, 6) is 13.5. The van der Waals surface area contributed by atoms with Crippen molar-refractivity contribution < 1.29 is 42.5 Å². The number of ether oxygens (including phenoxy) is 5. The molecule has 0 bridgehead atoms. The summed E-state index contributed by atoms with van der Waals surface area (Å²) >= 11 is 1.68. The first-order valence-electron chi connectivity index (χ1n) is 24.2. The van der Waals surface area contributed by atoms with Gasteiger partial charge in [0.15, 0.2) is 5.78 Å². The normalized spacial score (nSPS) is 14.5. The fraction of sp³-hybridized carbons (Fsp3) is 0.456. The molecule has 69 heavy (non-hydrogen) atoms. The van der Waals surface area contributed by atoms with Gasteiger partial charge in [-0.05, 0) is 97.2 Å². The maximum Gasteiger partial charge on any atom is 0.228 e. The van der Waals surface area contributed by atoms with Crippen LogP contribution in [0.1, 0.15) is 110 Å². The van der Waals surface area contributed by atoms with Crippen molar-refractivity contribution in [3.63, 3.8) is 0 Å². The van der Waals surface area contributed by atoms with Crippen LogP contribution in [0.15, 0.2) is 97.1 Å². The Morgan fingerprint density at radius 3 is 2.00 bits per heavy atom. The summed E-state index contributed by atoms with van der Waals surface area (Å²) in [4.78, 5) is 38.3. The van der Waals surface area contributed by atoms with E-state index < -0.39 is 16.2 Å². The number of carbonyl (C=O) groups is 3. The largest absolute Gasteiger partial charge is 0.497 e. The van der Waals surface area contributed by atoms with Crippen molar-refractivity contribution >= 4 is 29.4 Å². The molecule has 12 heteroatoms. The van der Waals surface area contributed by atoms with Gasteiger partial charge in [0, 0.05) is 76.1 Å². The second kappa shape index (κ2) is 30.1. The van der Waals surface area contributed by atoms with E-state index in [2.05, 4.69) is 76.8 Å². The van der Waals surface area contributed by atoms with Gasteiger partial charge in [0.1, 0.15) is 11.5 Å².